The van der Waals surface area contributed by atoms with Crippen LogP contribution in [-0.4, -0.2) is 34.6 Å². The molecule has 1 fully saturated rings. The van der Waals surface area contributed by atoms with Gasteiger partial charge in [0, 0.05) is 10.0 Å². The number of rotatable bonds is 3. The first-order valence-electron chi connectivity index (χ1n) is 7.83. The molecule has 1 saturated heterocycles. The van der Waals surface area contributed by atoms with Gasteiger partial charge in [0.1, 0.15) is 0 Å². The minimum absolute atomic E-state index is 0.174. The number of hydrogen-bond donors (Lipinski definition) is 1. The molecule has 0 spiro atoms. The van der Waals surface area contributed by atoms with Crippen molar-refractivity contribution < 1.29 is 9.90 Å². The van der Waals surface area contributed by atoms with Crippen LogP contribution in [0.1, 0.15) is 43.2 Å². The number of nitrogens with zero attached hydrogens (tertiary/aromatic N) is 1. The molecule has 2 aliphatic rings. The van der Waals surface area contributed by atoms with E-state index < -0.39 is 5.97 Å². The van der Waals surface area contributed by atoms with Crippen LogP contribution in [0, 0.1) is 0 Å². The van der Waals surface area contributed by atoms with Gasteiger partial charge < -0.3 is 5.11 Å². The summed E-state index contributed by atoms with van der Waals surface area (Å²) in [6.07, 6.45) is 6.78. The fourth-order valence-electron chi connectivity index (χ4n) is 3.99. The van der Waals surface area contributed by atoms with Crippen molar-refractivity contribution in [3.05, 3.63) is 33.8 Å². The lowest BCUT2D eigenvalue weighted by atomic mass is 9.74. The van der Waals surface area contributed by atoms with Gasteiger partial charge >= 0.3 is 5.97 Å². The fourth-order valence-corrected chi connectivity index (χ4v) is 4.40. The number of aliphatic carboxylic acids is 1. The maximum atomic E-state index is 11.4. The summed E-state index contributed by atoms with van der Waals surface area (Å²) < 4.78 is 1.12. The highest BCUT2D eigenvalue weighted by atomic mass is 79.9. The van der Waals surface area contributed by atoms with Gasteiger partial charge in [-0.05, 0) is 68.5 Å². The first kappa shape index (κ1) is 15.0. The molecule has 1 aromatic carbocycles. The van der Waals surface area contributed by atoms with Crippen LogP contribution in [-0.2, 0) is 17.6 Å². The largest absolute Gasteiger partial charge is 0.481 e. The van der Waals surface area contributed by atoms with E-state index >= 15 is 0 Å². The Hall–Kier alpha value is -0.870. The number of likely N-dealkylation sites (tertiary alicyclic amines) is 1. The van der Waals surface area contributed by atoms with Gasteiger partial charge in [-0.3, -0.25) is 9.69 Å². The second-order valence-electron chi connectivity index (χ2n) is 6.43. The topological polar surface area (TPSA) is 40.5 Å². The van der Waals surface area contributed by atoms with E-state index in [0.29, 0.717) is 0 Å². The number of hydrogen-bond acceptors (Lipinski definition) is 2. The second kappa shape index (κ2) is 6.09. The van der Waals surface area contributed by atoms with Crippen LogP contribution in [0.4, 0.5) is 0 Å². The van der Waals surface area contributed by atoms with Crippen LogP contribution < -0.4 is 0 Å². The summed E-state index contributed by atoms with van der Waals surface area (Å²) in [7, 11) is 0. The van der Waals surface area contributed by atoms with Gasteiger partial charge in [-0.2, -0.15) is 0 Å². The van der Waals surface area contributed by atoms with Crippen molar-refractivity contribution in [3.63, 3.8) is 0 Å². The van der Waals surface area contributed by atoms with Gasteiger partial charge in [0.2, 0.25) is 0 Å². The van der Waals surface area contributed by atoms with Crippen LogP contribution in [0.15, 0.2) is 22.7 Å². The SMILES string of the molecule is O=C(O)CC1(N2CCCCC2)CCc2cc(Br)ccc2C1. The molecule has 0 saturated carbocycles. The number of benzene rings is 1. The number of carbonyl (C=O) groups is 1. The van der Waals surface area contributed by atoms with E-state index in [-0.39, 0.29) is 12.0 Å². The van der Waals surface area contributed by atoms with Crippen LogP contribution in [0.25, 0.3) is 0 Å². The van der Waals surface area contributed by atoms with E-state index in [1.165, 1.54) is 30.4 Å². The van der Waals surface area contributed by atoms with Crippen molar-refractivity contribution in [1.82, 2.24) is 4.90 Å². The number of fused-ring (bicyclic) bond motifs is 1. The number of aryl methyl sites for hydroxylation is 1. The molecule has 1 atom stereocenters. The zero-order valence-corrected chi connectivity index (χ0v) is 13.9. The zero-order chi connectivity index (χ0) is 14.9. The van der Waals surface area contributed by atoms with Gasteiger partial charge in [-0.1, -0.05) is 28.4 Å². The summed E-state index contributed by atoms with van der Waals surface area (Å²) in [6, 6.07) is 6.43. The fraction of sp³-hybridized carbons (Fsp3) is 0.588. The third kappa shape index (κ3) is 3.16. The third-order valence-electron chi connectivity index (χ3n) is 5.05. The number of piperidine rings is 1. The van der Waals surface area contributed by atoms with Crippen molar-refractivity contribution in [2.24, 2.45) is 0 Å². The average Bonchev–Trinajstić information content (AvgIpc) is 2.48. The van der Waals surface area contributed by atoms with Crippen molar-refractivity contribution in [1.29, 1.82) is 0 Å². The summed E-state index contributed by atoms with van der Waals surface area (Å²) in [4.78, 5) is 13.9. The van der Waals surface area contributed by atoms with Gasteiger partial charge in [-0.25, -0.2) is 0 Å². The van der Waals surface area contributed by atoms with E-state index in [9.17, 15) is 9.90 Å². The Bertz CT molecular complexity index is 540. The molecule has 4 heteroatoms. The Labute approximate surface area is 134 Å². The minimum atomic E-state index is -0.666. The molecule has 0 bridgehead atoms. The predicted molar refractivity (Wildman–Crippen MR) is 86.6 cm³/mol. The first-order valence-corrected chi connectivity index (χ1v) is 8.63. The smallest absolute Gasteiger partial charge is 0.305 e. The Morgan fingerprint density at radius 3 is 2.71 bits per heavy atom. The van der Waals surface area contributed by atoms with Crippen molar-refractivity contribution >= 4 is 21.9 Å². The molecule has 1 heterocycles. The molecule has 1 aromatic rings. The summed E-state index contributed by atoms with van der Waals surface area (Å²) >= 11 is 3.53. The molecular weight excluding hydrogens is 330 g/mol. The molecule has 1 N–H and O–H groups in total. The molecule has 0 aromatic heterocycles. The van der Waals surface area contributed by atoms with Crippen molar-refractivity contribution in [3.8, 4) is 0 Å². The average molecular weight is 352 g/mol. The molecule has 1 unspecified atom stereocenters. The Balaban J connectivity index is 1.90. The number of carboxylic acids is 1. The highest BCUT2D eigenvalue weighted by molar-refractivity contribution is 9.10. The number of carboxylic acid groups (broad SMARTS) is 1. The lowest BCUT2D eigenvalue weighted by Crippen LogP contribution is -2.55. The first-order chi connectivity index (χ1) is 10.1. The van der Waals surface area contributed by atoms with Crippen LogP contribution in [0.3, 0.4) is 0 Å². The second-order valence-corrected chi connectivity index (χ2v) is 7.35. The van der Waals surface area contributed by atoms with Gasteiger partial charge in [0.25, 0.3) is 0 Å². The zero-order valence-electron chi connectivity index (χ0n) is 12.3. The summed E-state index contributed by atoms with van der Waals surface area (Å²) in [6.45, 7) is 2.11. The summed E-state index contributed by atoms with van der Waals surface area (Å²) in [5.41, 5.74) is 2.53. The lowest BCUT2D eigenvalue weighted by Gasteiger charge is -2.48. The maximum absolute atomic E-state index is 11.4. The minimum Gasteiger partial charge on any atom is -0.481 e. The van der Waals surface area contributed by atoms with Crippen LogP contribution in [0.2, 0.25) is 0 Å². The lowest BCUT2D eigenvalue weighted by molar-refractivity contribution is -0.141. The van der Waals surface area contributed by atoms with Crippen molar-refractivity contribution in [2.45, 2.75) is 50.5 Å². The predicted octanol–water partition coefficient (Wildman–Crippen LogP) is 3.64. The van der Waals surface area contributed by atoms with E-state index in [2.05, 4.69) is 39.0 Å². The van der Waals surface area contributed by atoms with Crippen LogP contribution >= 0.6 is 15.9 Å². The Kier molecular flexibility index (Phi) is 4.36. The standard InChI is InChI=1S/C17H22BrNO2/c18-15-5-4-14-11-17(12-16(20)21,7-6-13(14)10-15)19-8-2-1-3-9-19/h4-5,10H,1-3,6-9,11-12H2,(H,20,21). The van der Waals surface area contributed by atoms with Crippen molar-refractivity contribution in [2.75, 3.05) is 13.1 Å². The van der Waals surface area contributed by atoms with E-state index in [1.807, 2.05) is 0 Å². The van der Waals surface area contributed by atoms with Gasteiger partial charge in [0.15, 0.2) is 0 Å². The number of halogens is 1. The molecule has 3 rings (SSSR count). The summed E-state index contributed by atoms with van der Waals surface area (Å²) in [5.74, 6) is -0.666. The molecule has 1 aliphatic carbocycles. The quantitative estimate of drug-likeness (QED) is 0.903. The molecule has 21 heavy (non-hydrogen) atoms. The highest BCUT2D eigenvalue weighted by Crippen LogP contribution is 2.38. The van der Waals surface area contributed by atoms with Crippen LogP contribution in [0.5, 0.6) is 0 Å². The Morgan fingerprint density at radius 1 is 1.24 bits per heavy atom. The Morgan fingerprint density at radius 2 is 2.00 bits per heavy atom. The van der Waals surface area contributed by atoms with E-state index in [4.69, 9.17) is 0 Å². The van der Waals surface area contributed by atoms with E-state index in [1.54, 1.807) is 0 Å². The molecule has 0 amide bonds. The summed E-state index contributed by atoms with van der Waals surface area (Å²) in [5, 5.41) is 9.42. The maximum Gasteiger partial charge on any atom is 0.305 e. The molecule has 0 radical (unpaired) electrons. The van der Waals surface area contributed by atoms with Gasteiger partial charge in [-0.15, -0.1) is 0 Å². The monoisotopic (exact) mass is 351 g/mol. The van der Waals surface area contributed by atoms with Gasteiger partial charge in [0.05, 0.1) is 6.42 Å². The third-order valence-corrected chi connectivity index (χ3v) is 5.55. The highest BCUT2D eigenvalue weighted by Gasteiger charge is 2.41. The normalized spacial score (nSPS) is 26.3. The van der Waals surface area contributed by atoms with E-state index in [0.717, 1.165) is 36.8 Å². The molecule has 3 nitrogen and oxygen atoms in total. The molecule has 114 valence electrons. The molecular formula is C17H22BrNO2. The molecule has 1 aliphatic heterocycles.